The Labute approximate surface area is 114 Å². The van der Waals surface area contributed by atoms with Crippen LogP contribution in [-0.2, 0) is 6.54 Å². The Kier molecular flexibility index (Phi) is 4.02. The highest BCUT2D eigenvalue weighted by atomic mass is 16.7. The third-order valence-electron chi connectivity index (χ3n) is 3.40. The molecular weight excluding hydrogens is 242 g/mol. The topological polar surface area (TPSA) is 41.9 Å². The number of aliphatic hydroxyl groups excluding tert-OH is 1. The first kappa shape index (κ1) is 14.2. The fourth-order valence-corrected chi connectivity index (χ4v) is 2.38. The third-order valence-corrected chi connectivity index (χ3v) is 3.40. The van der Waals surface area contributed by atoms with E-state index in [1.807, 2.05) is 6.07 Å². The predicted molar refractivity (Wildman–Crippen MR) is 74.5 cm³/mol. The molecule has 4 heteroatoms. The Morgan fingerprint density at radius 1 is 1.26 bits per heavy atom. The van der Waals surface area contributed by atoms with E-state index in [2.05, 4.69) is 38.8 Å². The number of nitrogens with zero attached hydrogens (tertiary/aromatic N) is 1. The molecule has 0 amide bonds. The summed E-state index contributed by atoms with van der Waals surface area (Å²) in [4.78, 5) is 2.22. The summed E-state index contributed by atoms with van der Waals surface area (Å²) in [5.74, 6) is 1.66. The van der Waals surface area contributed by atoms with E-state index in [1.54, 1.807) is 0 Å². The molecule has 19 heavy (non-hydrogen) atoms. The van der Waals surface area contributed by atoms with Gasteiger partial charge in [-0.25, -0.2) is 0 Å². The predicted octanol–water partition coefficient (Wildman–Crippen LogP) is 2.17. The number of benzene rings is 1. The molecule has 1 aliphatic heterocycles. The lowest BCUT2D eigenvalue weighted by atomic mass is 9.94. The maximum Gasteiger partial charge on any atom is 0.231 e. The zero-order valence-electron chi connectivity index (χ0n) is 12.2. The number of aliphatic hydroxyl groups is 1. The van der Waals surface area contributed by atoms with Crippen LogP contribution in [0.2, 0.25) is 0 Å². The molecule has 1 aliphatic rings. The minimum absolute atomic E-state index is 0.0843. The highest BCUT2D eigenvalue weighted by Gasteiger charge is 2.20. The van der Waals surface area contributed by atoms with Crippen molar-refractivity contribution in [1.82, 2.24) is 4.90 Å². The molecule has 0 spiro atoms. The maximum absolute atomic E-state index is 9.33. The molecule has 0 saturated carbocycles. The van der Waals surface area contributed by atoms with Crippen molar-refractivity contribution in [1.29, 1.82) is 0 Å². The fraction of sp³-hybridized carbons (Fsp3) is 0.600. The van der Waals surface area contributed by atoms with E-state index in [-0.39, 0.29) is 12.0 Å². The molecule has 1 heterocycles. The molecule has 0 saturated heterocycles. The first-order valence-corrected chi connectivity index (χ1v) is 6.60. The van der Waals surface area contributed by atoms with Crippen molar-refractivity contribution in [2.75, 3.05) is 27.0 Å². The summed E-state index contributed by atoms with van der Waals surface area (Å²) in [5, 5.41) is 9.33. The molecule has 0 bridgehead atoms. The molecule has 1 N–H and O–H groups in total. The second kappa shape index (κ2) is 5.39. The van der Waals surface area contributed by atoms with Crippen molar-refractivity contribution in [2.45, 2.75) is 27.3 Å². The number of ether oxygens (including phenoxy) is 2. The molecular formula is C15H23NO3. The Morgan fingerprint density at radius 2 is 1.89 bits per heavy atom. The summed E-state index contributed by atoms with van der Waals surface area (Å²) in [7, 11) is 2.07. The van der Waals surface area contributed by atoms with Crippen molar-refractivity contribution in [3.05, 3.63) is 23.3 Å². The molecule has 1 aromatic rings. The quantitative estimate of drug-likeness (QED) is 0.886. The van der Waals surface area contributed by atoms with Crippen molar-refractivity contribution in [3.8, 4) is 11.5 Å². The lowest BCUT2D eigenvalue weighted by Gasteiger charge is -2.28. The van der Waals surface area contributed by atoms with Gasteiger partial charge >= 0.3 is 0 Å². The van der Waals surface area contributed by atoms with Crippen molar-refractivity contribution in [3.63, 3.8) is 0 Å². The molecule has 0 aromatic heterocycles. The summed E-state index contributed by atoms with van der Waals surface area (Å²) in [6, 6.07) is 4.09. The second-order valence-electron chi connectivity index (χ2n) is 6.13. The fourth-order valence-electron chi connectivity index (χ4n) is 2.38. The van der Waals surface area contributed by atoms with Gasteiger partial charge in [0.2, 0.25) is 6.79 Å². The van der Waals surface area contributed by atoms with Crippen molar-refractivity contribution >= 4 is 0 Å². The number of fused-ring (bicyclic) bond motifs is 1. The molecule has 4 nitrogen and oxygen atoms in total. The van der Waals surface area contributed by atoms with Crippen LogP contribution in [0.4, 0.5) is 0 Å². The van der Waals surface area contributed by atoms with Gasteiger partial charge in [0.1, 0.15) is 0 Å². The van der Waals surface area contributed by atoms with Crippen LogP contribution in [0, 0.1) is 12.3 Å². The first-order chi connectivity index (χ1) is 8.91. The number of rotatable bonds is 5. The Balaban J connectivity index is 2.07. The summed E-state index contributed by atoms with van der Waals surface area (Å²) in [6.07, 6.45) is 0. The van der Waals surface area contributed by atoms with Gasteiger partial charge < -0.3 is 19.5 Å². The van der Waals surface area contributed by atoms with Crippen LogP contribution < -0.4 is 9.47 Å². The largest absolute Gasteiger partial charge is 0.454 e. The van der Waals surface area contributed by atoms with E-state index in [0.29, 0.717) is 6.79 Å². The molecule has 0 unspecified atom stereocenters. The second-order valence-corrected chi connectivity index (χ2v) is 6.13. The van der Waals surface area contributed by atoms with Crippen LogP contribution >= 0.6 is 0 Å². The Hall–Kier alpha value is -1.26. The van der Waals surface area contributed by atoms with Gasteiger partial charge in [-0.2, -0.15) is 0 Å². The van der Waals surface area contributed by atoms with E-state index in [4.69, 9.17) is 9.47 Å². The molecule has 0 aliphatic carbocycles. The lowest BCUT2D eigenvalue weighted by Crippen LogP contribution is -2.33. The smallest absolute Gasteiger partial charge is 0.231 e. The average Bonchev–Trinajstić information content (AvgIpc) is 2.76. The van der Waals surface area contributed by atoms with E-state index in [1.165, 1.54) is 11.1 Å². The highest BCUT2D eigenvalue weighted by molar-refractivity contribution is 5.48. The standard InChI is InChI=1S/C15H23NO3/c1-11-5-13-14(19-10-18-13)6-12(11)7-16(4)8-15(2,3)9-17/h5-6,17H,7-10H2,1-4H3. The van der Waals surface area contributed by atoms with E-state index in [9.17, 15) is 5.11 Å². The lowest BCUT2D eigenvalue weighted by molar-refractivity contribution is 0.112. The van der Waals surface area contributed by atoms with Crippen molar-refractivity contribution < 1.29 is 14.6 Å². The summed E-state index contributed by atoms with van der Waals surface area (Å²) < 4.78 is 10.8. The third kappa shape index (κ3) is 3.39. The van der Waals surface area contributed by atoms with E-state index >= 15 is 0 Å². The number of hydrogen-bond donors (Lipinski definition) is 1. The molecule has 2 rings (SSSR count). The Morgan fingerprint density at radius 3 is 2.53 bits per heavy atom. The molecule has 0 radical (unpaired) electrons. The van der Waals surface area contributed by atoms with Crippen LogP contribution in [0.1, 0.15) is 25.0 Å². The van der Waals surface area contributed by atoms with Crippen LogP contribution in [0.3, 0.4) is 0 Å². The number of hydrogen-bond acceptors (Lipinski definition) is 4. The van der Waals surface area contributed by atoms with Crippen LogP contribution in [-0.4, -0.2) is 37.0 Å². The van der Waals surface area contributed by atoms with Crippen LogP contribution in [0.25, 0.3) is 0 Å². The van der Waals surface area contributed by atoms with Gasteiger partial charge in [0, 0.05) is 25.1 Å². The normalized spacial score (nSPS) is 14.2. The van der Waals surface area contributed by atoms with Crippen LogP contribution in [0.15, 0.2) is 12.1 Å². The van der Waals surface area contributed by atoms with Crippen molar-refractivity contribution in [2.24, 2.45) is 5.41 Å². The maximum atomic E-state index is 9.33. The van der Waals surface area contributed by atoms with Gasteiger partial charge in [-0.1, -0.05) is 13.8 Å². The molecule has 1 aromatic carbocycles. The van der Waals surface area contributed by atoms with Gasteiger partial charge in [0.05, 0.1) is 0 Å². The summed E-state index contributed by atoms with van der Waals surface area (Å²) in [6.45, 7) is 8.40. The Bertz CT molecular complexity index is 457. The molecule has 0 atom stereocenters. The number of aryl methyl sites for hydroxylation is 1. The minimum Gasteiger partial charge on any atom is -0.454 e. The van der Waals surface area contributed by atoms with Crippen LogP contribution in [0.5, 0.6) is 11.5 Å². The van der Waals surface area contributed by atoms with Gasteiger partial charge in [-0.05, 0) is 37.2 Å². The van der Waals surface area contributed by atoms with Gasteiger partial charge in [-0.15, -0.1) is 0 Å². The van der Waals surface area contributed by atoms with E-state index in [0.717, 1.165) is 24.6 Å². The van der Waals surface area contributed by atoms with Gasteiger partial charge in [0.15, 0.2) is 11.5 Å². The molecule has 106 valence electrons. The average molecular weight is 265 g/mol. The summed E-state index contributed by atoms with van der Waals surface area (Å²) in [5.41, 5.74) is 2.36. The monoisotopic (exact) mass is 265 g/mol. The summed E-state index contributed by atoms with van der Waals surface area (Å²) >= 11 is 0. The van der Waals surface area contributed by atoms with Gasteiger partial charge in [0.25, 0.3) is 0 Å². The zero-order chi connectivity index (χ0) is 14.0. The highest BCUT2D eigenvalue weighted by Crippen LogP contribution is 2.35. The first-order valence-electron chi connectivity index (χ1n) is 6.60. The molecule has 0 fully saturated rings. The van der Waals surface area contributed by atoms with Gasteiger partial charge in [-0.3, -0.25) is 0 Å². The minimum atomic E-state index is -0.0843. The SMILES string of the molecule is Cc1cc2c(cc1CN(C)CC(C)(C)CO)OCO2. The van der Waals surface area contributed by atoms with E-state index < -0.39 is 0 Å². The zero-order valence-corrected chi connectivity index (χ0v) is 12.2.